The van der Waals surface area contributed by atoms with Crippen LogP contribution in [0.15, 0.2) is 12.4 Å². The fourth-order valence-electron chi connectivity index (χ4n) is 1.06. The lowest BCUT2D eigenvalue weighted by Gasteiger charge is -2.09. The molecule has 70 valence electrons. The van der Waals surface area contributed by atoms with Gasteiger partial charge in [0.25, 0.3) is 0 Å². The van der Waals surface area contributed by atoms with Crippen LogP contribution in [0.2, 0.25) is 0 Å². The normalized spacial score (nSPS) is 15.5. The van der Waals surface area contributed by atoms with E-state index in [2.05, 4.69) is 4.98 Å². The molecule has 1 fully saturated rings. The average Bonchev–Trinajstić information content (AvgIpc) is 2.92. The molecule has 2 rings (SSSR count). The Morgan fingerprint density at radius 1 is 1.38 bits per heavy atom. The largest absolute Gasteiger partial charge is 0.493 e. The summed E-state index contributed by atoms with van der Waals surface area (Å²) < 4.78 is 10.6. The van der Waals surface area contributed by atoms with Crippen LogP contribution in [0, 0.1) is 0 Å². The predicted octanol–water partition coefficient (Wildman–Crippen LogP) is 1.21. The number of methoxy groups -OCH3 is 1. The summed E-state index contributed by atoms with van der Waals surface area (Å²) >= 11 is 0. The van der Waals surface area contributed by atoms with Crippen LogP contribution in [0.4, 0.5) is 5.69 Å². The number of nitrogens with two attached hydrogens (primary N) is 1. The number of hydrogen-bond acceptors (Lipinski definition) is 4. The number of hydrogen-bond donors (Lipinski definition) is 1. The number of nitrogen functional groups attached to an aromatic ring is 1. The van der Waals surface area contributed by atoms with Crippen LogP contribution in [-0.4, -0.2) is 18.2 Å². The molecule has 0 unspecified atom stereocenters. The Kier molecular flexibility index (Phi) is 1.96. The van der Waals surface area contributed by atoms with Crippen LogP contribution in [-0.2, 0) is 0 Å². The quantitative estimate of drug-likeness (QED) is 0.759. The van der Waals surface area contributed by atoms with Crippen molar-refractivity contribution in [2.24, 2.45) is 0 Å². The number of nitrogens with zero attached hydrogens (tertiary/aromatic N) is 1. The Balaban J connectivity index is 2.22. The molecule has 0 aromatic carbocycles. The molecule has 2 N–H and O–H groups in total. The lowest BCUT2D eigenvalue weighted by Crippen LogP contribution is -2.02. The van der Waals surface area contributed by atoms with Gasteiger partial charge in [0.2, 0.25) is 0 Å². The molecule has 1 aromatic heterocycles. The molecule has 13 heavy (non-hydrogen) atoms. The maximum absolute atomic E-state index is 5.78. The van der Waals surface area contributed by atoms with Crippen molar-refractivity contribution in [2.75, 3.05) is 12.8 Å². The molecule has 0 spiro atoms. The number of pyridine rings is 1. The zero-order chi connectivity index (χ0) is 9.26. The van der Waals surface area contributed by atoms with Crippen molar-refractivity contribution in [3.05, 3.63) is 12.4 Å². The minimum absolute atomic E-state index is 0.330. The standard InChI is InChI=1S/C9H12N2O2/c1-12-7-4-11-5-8(9(7)10)13-6-2-3-6/h4-6H,2-3H2,1H3,(H2,10,11). The number of aromatic nitrogens is 1. The minimum atomic E-state index is 0.330. The molecule has 0 aliphatic heterocycles. The van der Waals surface area contributed by atoms with E-state index in [0.717, 1.165) is 12.8 Å². The van der Waals surface area contributed by atoms with E-state index in [9.17, 15) is 0 Å². The maximum Gasteiger partial charge on any atom is 0.164 e. The molecule has 4 heteroatoms. The van der Waals surface area contributed by atoms with Gasteiger partial charge in [-0.25, -0.2) is 0 Å². The van der Waals surface area contributed by atoms with Crippen molar-refractivity contribution in [1.82, 2.24) is 4.98 Å². The highest BCUT2D eigenvalue weighted by Crippen LogP contribution is 2.34. The van der Waals surface area contributed by atoms with Crippen LogP contribution in [0.5, 0.6) is 11.5 Å². The summed E-state index contributed by atoms with van der Waals surface area (Å²) in [5, 5.41) is 0. The number of rotatable bonds is 3. The SMILES string of the molecule is COc1cncc(OC2CC2)c1N. The smallest absolute Gasteiger partial charge is 0.164 e. The van der Waals surface area contributed by atoms with E-state index in [0.29, 0.717) is 23.3 Å². The first kappa shape index (κ1) is 8.16. The van der Waals surface area contributed by atoms with Gasteiger partial charge >= 0.3 is 0 Å². The second kappa shape index (κ2) is 3.12. The second-order valence-electron chi connectivity index (χ2n) is 3.07. The van der Waals surface area contributed by atoms with Crippen molar-refractivity contribution in [3.8, 4) is 11.5 Å². The van der Waals surface area contributed by atoms with Gasteiger partial charge in [-0.05, 0) is 12.8 Å². The van der Waals surface area contributed by atoms with Gasteiger partial charge in [0.05, 0.1) is 25.6 Å². The topological polar surface area (TPSA) is 57.4 Å². The molecule has 0 bridgehead atoms. The molecular formula is C9H12N2O2. The molecule has 0 radical (unpaired) electrons. The van der Waals surface area contributed by atoms with Gasteiger partial charge < -0.3 is 15.2 Å². The molecule has 0 saturated heterocycles. The summed E-state index contributed by atoms with van der Waals surface area (Å²) in [4.78, 5) is 3.97. The van der Waals surface area contributed by atoms with Gasteiger partial charge in [0, 0.05) is 0 Å². The second-order valence-corrected chi connectivity index (χ2v) is 3.07. The van der Waals surface area contributed by atoms with E-state index >= 15 is 0 Å². The third-order valence-electron chi connectivity index (χ3n) is 1.95. The van der Waals surface area contributed by atoms with Gasteiger partial charge in [0.15, 0.2) is 11.5 Å². The average molecular weight is 180 g/mol. The number of anilines is 1. The fourth-order valence-corrected chi connectivity index (χ4v) is 1.06. The van der Waals surface area contributed by atoms with Crippen LogP contribution in [0.1, 0.15) is 12.8 Å². The van der Waals surface area contributed by atoms with Gasteiger partial charge in [-0.1, -0.05) is 0 Å². The first-order valence-corrected chi connectivity index (χ1v) is 4.25. The highest BCUT2D eigenvalue weighted by atomic mass is 16.5. The fraction of sp³-hybridized carbons (Fsp3) is 0.444. The van der Waals surface area contributed by atoms with Crippen LogP contribution >= 0.6 is 0 Å². The van der Waals surface area contributed by atoms with E-state index in [-0.39, 0.29) is 0 Å². The van der Waals surface area contributed by atoms with E-state index in [4.69, 9.17) is 15.2 Å². The summed E-state index contributed by atoms with van der Waals surface area (Å²) in [6.45, 7) is 0. The molecule has 0 atom stereocenters. The monoisotopic (exact) mass is 180 g/mol. The highest BCUT2D eigenvalue weighted by Gasteiger charge is 2.24. The first-order valence-electron chi connectivity index (χ1n) is 4.25. The van der Waals surface area contributed by atoms with Gasteiger partial charge in [-0.2, -0.15) is 0 Å². The van der Waals surface area contributed by atoms with Crippen molar-refractivity contribution in [3.63, 3.8) is 0 Å². The third-order valence-corrected chi connectivity index (χ3v) is 1.95. The summed E-state index contributed by atoms with van der Waals surface area (Å²) in [7, 11) is 1.56. The van der Waals surface area contributed by atoms with Crippen molar-refractivity contribution in [1.29, 1.82) is 0 Å². The van der Waals surface area contributed by atoms with Gasteiger partial charge in [-0.15, -0.1) is 0 Å². The lowest BCUT2D eigenvalue weighted by atomic mass is 10.3. The highest BCUT2D eigenvalue weighted by molar-refractivity contribution is 5.60. The van der Waals surface area contributed by atoms with E-state index in [1.54, 1.807) is 19.5 Å². The number of ether oxygens (including phenoxy) is 2. The predicted molar refractivity (Wildman–Crippen MR) is 48.9 cm³/mol. The molecular weight excluding hydrogens is 168 g/mol. The van der Waals surface area contributed by atoms with E-state index in [1.807, 2.05) is 0 Å². The molecule has 1 aliphatic carbocycles. The zero-order valence-corrected chi connectivity index (χ0v) is 7.49. The van der Waals surface area contributed by atoms with Crippen LogP contribution in [0.3, 0.4) is 0 Å². The Hall–Kier alpha value is -1.45. The zero-order valence-electron chi connectivity index (χ0n) is 7.49. The van der Waals surface area contributed by atoms with Crippen LogP contribution < -0.4 is 15.2 Å². The van der Waals surface area contributed by atoms with Gasteiger partial charge in [-0.3, -0.25) is 4.98 Å². The Labute approximate surface area is 76.7 Å². The van der Waals surface area contributed by atoms with E-state index in [1.165, 1.54) is 0 Å². The Morgan fingerprint density at radius 2 is 2.08 bits per heavy atom. The summed E-state index contributed by atoms with van der Waals surface area (Å²) in [6, 6.07) is 0. The van der Waals surface area contributed by atoms with Gasteiger partial charge in [0.1, 0.15) is 5.69 Å². The maximum atomic E-state index is 5.78. The lowest BCUT2D eigenvalue weighted by molar-refractivity contribution is 0.301. The Morgan fingerprint density at radius 3 is 2.69 bits per heavy atom. The first-order chi connectivity index (χ1) is 6.31. The van der Waals surface area contributed by atoms with Crippen molar-refractivity contribution >= 4 is 5.69 Å². The molecule has 4 nitrogen and oxygen atoms in total. The Bertz CT molecular complexity index is 310. The van der Waals surface area contributed by atoms with E-state index < -0.39 is 0 Å². The summed E-state index contributed by atoms with van der Waals surface area (Å²) in [5.41, 5.74) is 6.31. The molecule has 1 saturated carbocycles. The molecule has 0 amide bonds. The molecule has 1 aromatic rings. The van der Waals surface area contributed by atoms with Crippen molar-refractivity contribution in [2.45, 2.75) is 18.9 Å². The molecule has 1 aliphatic rings. The third kappa shape index (κ3) is 1.66. The minimum Gasteiger partial charge on any atom is -0.493 e. The van der Waals surface area contributed by atoms with Crippen LogP contribution in [0.25, 0.3) is 0 Å². The molecule has 1 heterocycles. The summed E-state index contributed by atoms with van der Waals surface area (Å²) in [6.07, 6.45) is 5.75. The van der Waals surface area contributed by atoms with Crippen molar-refractivity contribution < 1.29 is 9.47 Å². The summed E-state index contributed by atoms with van der Waals surface area (Å²) in [5.74, 6) is 1.19.